The maximum Gasteiger partial charge on any atom is 0.135 e. The van der Waals surface area contributed by atoms with Gasteiger partial charge in [0.1, 0.15) is 6.04 Å². The van der Waals surface area contributed by atoms with Crippen molar-refractivity contribution in [3.63, 3.8) is 0 Å². The van der Waals surface area contributed by atoms with Crippen molar-refractivity contribution < 1.29 is 5.32 Å². The summed E-state index contributed by atoms with van der Waals surface area (Å²) in [5.74, 6) is 0. The van der Waals surface area contributed by atoms with Crippen molar-refractivity contribution in [3.8, 4) is 0 Å². The quantitative estimate of drug-likeness (QED) is 0.840. The molecule has 2 N–H and O–H groups in total. The fraction of sp³-hybridized carbons (Fsp3) is 0.111. The third kappa shape index (κ3) is 2.67. The predicted molar refractivity (Wildman–Crippen MR) is 79.4 cm³/mol. The van der Waals surface area contributed by atoms with Crippen LogP contribution in [0, 0.1) is 6.92 Å². The lowest BCUT2D eigenvalue weighted by molar-refractivity contribution is -0.622. The van der Waals surface area contributed by atoms with E-state index < -0.39 is 0 Å². The van der Waals surface area contributed by atoms with Gasteiger partial charge in [0.25, 0.3) is 0 Å². The van der Waals surface area contributed by atoms with Crippen molar-refractivity contribution in [3.05, 3.63) is 89.6 Å². The number of hydrogen-bond acceptors (Lipinski definition) is 0. The van der Waals surface area contributed by atoms with Crippen LogP contribution in [0.1, 0.15) is 22.7 Å². The van der Waals surface area contributed by atoms with Gasteiger partial charge in [-0.2, -0.15) is 0 Å². The Morgan fingerprint density at radius 2 is 1.63 bits per heavy atom. The van der Waals surface area contributed by atoms with E-state index in [1.54, 1.807) is 0 Å². The lowest BCUT2D eigenvalue weighted by atomic mass is 9.97. The van der Waals surface area contributed by atoms with Crippen LogP contribution in [-0.2, 0) is 0 Å². The van der Waals surface area contributed by atoms with E-state index in [4.69, 9.17) is 0 Å². The van der Waals surface area contributed by atoms with E-state index in [1.807, 2.05) is 0 Å². The average molecular weight is 248 g/mol. The molecule has 0 saturated carbocycles. The largest absolute Gasteiger partial charge is 0.311 e. The maximum absolute atomic E-state index is 2.33. The first-order valence-corrected chi connectivity index (χ1v) is 6.68. The van der Waals surface area contributed by atoms with Gasteiger partial charge >= 0.3 is 0 Å². The molecule has 1 heteroatoms. The summed E-state index contributed by atoms with van der Waals surface area (Å²) >= 11 is 0. The number of benzene rings is 2. The minimum Gasteiger partial charge on any atom is -0.311 e. The molecule has 1 nitrogen and oxygen atoms in total. The number of allylic oxidation sites excluding steroid dienone is 2. The maximum atomic E-state index is 2.33. The highest BCUT2D eigenvalue weighted by Gasteiger charge is 2.15. The molecule has 19 heavy (non-hydrogen) atoms. The fourth-order valence-corrected chi connectivity index (χ4v) is 2.40. The number of nitrogens with two attached hydrogens (primary N) is 1. The van der Waals surface area contributed by atoms with Crippen molar-refractivity contribution >= 4 is 5.57 Å². The summed E-state index contributed by atoms with van der Waals surface area (Å²) < 4.78 is 0. The van der Waals surface area contributed by atoms with Crippen LogP contribution >= 0.6 is 0 Å². The molecule has 1 heterocycles. The molecule has 0 aliphatic carbocycles. The van der Waals surface area contributed by atoms with E-state index in [0.717, 1.165) is 0 Å². The second kappa shape index (κ2) is 5.25. The minimum absolute atomic E-state index is 0.377. The Balaban J connectivity index is 1.92. The van der Waals surface area contributed by atoms with Gasteiger partial charge in [-0.1, -0.05) is 60.2 Å². The highest BCUT2D eigenvalue weighted by molar-refractivity contribution is 5.74. The lowest BCUT2D eigenvalue weighted by Crippen LogP contribution is -2.79. The second-order valence-electron chi connectivity index (χ2n) is 4.98. The topological polar surface area (TPSA) is 16.6 Å². The number of hydrogen-bond donors (Lipinski definition) is 1. The minimum atomic E-state index is 0.377. The standard InChI is InChI=1S/C18H17N/c1-14-7-9-15(10-8-14)17-11-12-19-18(13-17)16-5-3-2-4-6-16/h2-13,18-19H,1H3/p+1. The van der Waals surface area contributed by atoms with E-state index in [-0.39, 0.29) is 0 Å². The van der Waals surface area contributed by atoms with Crippen LogP contribution < -0.4 is 5.32 Å². The number of quaternary nitrogens is 1. The van der Waals surface area contributed by atoms with Gasteiger partial charge in [-0.15, -0.1) is 0 Å². The smallest absolute Gasteiger partial charge is 0.135 e. The summed E-state index contributed by atoms with van der Waals surface area (Å²) in [4.78, 5) is 0. The van der Waals surface area contributed by atoms with E-state index in [1.165, 1.54) is 22.3 Å². The van der Waals surface area contributed by atoms with Crippen LogP contribution in [-0.4, -0.2) is 0 Å². The second-order valence-corrected chi connectivity index (χ2v) is 4.98. The Morgan fingerprint density at radius 1 is 0.895 bits per heavy atom. The molecule has 0 aromatic heterocycles. The van der Waals surface area contributed by atoms with Crippen molar-refractivity contribution in [2.24, 2.45) is 0 Å². The zero-order valence-corrected chi connectivity index (χ0v) is 11.1. The van der Waals surface area contributed by atoms with Gasteiger partial charge in [0.2, 0.25) is 0 Å². The van der Waals surface area contributed by atoms with Crippen molar-refractivity contribution in [2.75, 3.05) is 0 Å². The first-order valence-electron chi connectivity index (χ1n) is 6.68. The summed E-state index contributed by atoms with van der Waals surface area (Å²) in [6.07, 6.45) is 6.68. The van der Waals surface area contributed by atoms with Crippen LogP contribution in [0.25, 0.3) is 5.57 Å². The van der Waals surface area contributed by atoms with Crippen LogP contribution in [0.5, 0.6) is 0 Å². The Hall–Kier alpha value is -2.12. The summed E-state index contributed by atoms with van der Waals surface area (Å²) in [5.41, 5.74) is 5.24. The molecule has 1 unspecified atom stereocenters. The molecular weight excluding hydrogens is 230 g/mol. The SMILES string of the molecule is Cc1ccc(C2=CC(c3ccccc3)[NH2+]C=C2)cc1. The third-order valence-corrected chi connectivity index (χ3v) is 3.52. The zero-order chi connectivity index (χ0) is 13.1. The van der Waals surface area contributed by atoms with Gasteiger partial charge < -0.3 is 5.32 Å². The van der Waals surface area contributed by atoms with Crippen LogP contribution in [0.2, 0.25) is 0 Å². The molecule has 0 fully saturated rings. The molecular formula is C18H18N+. The molecule has 94 valence electrons. The van der Waals surface area contributed by atoms with Crippen LogP contribution in [0.3, 0.4) is 0 Å². The molecule has 2 aromatic carbocycles. The zero-order valence-electron chi connectivity index (χ0n) is 11.1. The molecule has 1 atom stereocenters. The molecule has 0 saturated heterocycles. The lowest BCUT2D eigenvalue weighted by Gasteiger charge is -2.15. The third-order valence-electron chi connectivity index (χ3n) is 3.52. The highest BCUT2D eigenvalue weighted by Crippen LogP contribution is 2.22. The van der Waals surface area contributed by atoms with Crippen LogP contribution in [0.15, 0.2) is 72.9 Å². The van der Waals surface area contributed by atoms with Crippen LogP contribution in [0.4, 0.5) is 0 Å². The normalized spacial score (nSPS) is 18.2. The van der Waals surface area contributed by atoms with Gasteiger partial charge in [-0.05, 0) is 30.2 Å². The van der Waals surface area contributed by atoms with Gasteiger partial charge in [-0.25, -0.2) is 0 Å². The Bertz CT molecular complexity index is 606. The van der Waals surface area contributed by atoms with E-state index in [9.17, 15) is 0 Å². The molecule has 1 aliphatic heterocycles. The Labute approximate surface area is 114 Å². The Kier molecular flexibility index (Phi) is 3.30. The van der Waals surface area contributed by atoms with Gasteiger partial charge in [0.05, 0.1) is 6.20 Å². The number of rotatable bonds is 2. The van der Waals surface area contributed by atoms with Gasteiger partial charge in [0.15, 0.2) is 0 Å². The first kappa shape index (κ1) is 11.9. The van der Waals surface area contributed by atoms with E-state index in [0.29, 0.717) is 6.04 Å². The van der Waals surface area contributed by atoms with Gasteiger partial charge in [0, 0.05) is 5.56 Å². The monoisotopic (exact) mass is 248 g/mol. The summed E-state index contributed by atoms with van der Waals surface area (Å²) in [5, 5.41) is 2.24. The molecule has 0 radical (unpaired) electrons. The van der Waals surface area contributed by atoms with E-state index >= 15 is 0 Å². The summed E-state index contributed by atoms with van der Waals surface area (Å²) in [7, 11) is 0. The molecule has 0 spiro atoms. The fourth-order valence-electron chi connectivity index (χ4n) is 2.40. The van der Waals surface area contributed by atoms with Crippen molar-refractivity contribution in [1.82, 2.24) is 0 Å². The average Bonchev–Trinajstić information content (AvgIpc) is 2.49. The molecule has 1 aliphatic rings. The first-order chi connectivity index (χ1) is 9.33. The number of aryl methyl sites for hydroxylation is 1. The summed E-state index contributed by atoms with van der Waals surface area (Å²) in [6.45, 7) is 2.12. The molecule has 0 bridgehead atoms. The van der Waals surface area contributed by atoms with E-state index in [2.05, 4.69) is 85.2 Å². The molecule has 0 amide bonds. The van der Waals surface area contributed by atoms with Gasteiger partial charge in [-0.3, -0.25) is 0 Å². The highest BCUT2D eigenvalue weighted by atomic mass is 14.9. The van der Waals surface area contributed by atoms with Crippen molar-refractivity contribution in [1.29, 1.82) is 0 Å². The summed E-state index contributed by atoms with van der Waals surface area (Å²) in [6, 6.07) is 19.7. The van der Waals surface area contributed by atoms with Crippen molar-refractivity contribution in [2.45, 2.75) is 13.0 Å². The Morgan fingerprint density at radius 3 is 2.37 bits per heavy atom. The predicted octanol–water partition coefficient (Wildman–Crippen LogP) is 3.21. The molecule has 2 aromatic rings. The molecule has 3 rings (SSSR count).